The molecule has 1 aromatic rings. The lowest BCUT2D eigenvalue weighted by molar-refractivity contribution is -0.125. The molecule has 76 valence electrons. The van der Waals surface area contributed by atoms with Gasteiger partial charge in [0.2, 0.25) is 5.91 Å². The van der Waals surface area contributed by atoms with Crippen molar-refractivity contribution in [1.82, 2.24) is 9.97 Å². The number of nitrogens with zero attached hydrogens (tertiary/aromatic N) is 2. The smallest absolute Gasteiger partial charge is 0.248 e. The molecule has 0 aromatic carbocycles. The van der Waals surface area contributed by atoms with Gasteiger partial charge in [-0.25, -0.2) is 9.97 Å². The van der Waals surface area contributed by atoms with Gasteiger partial charge in [0.15, 0.2) is 0 Å². The minimum atomic E-state index is -1.21. The maximum Gasteiger partial charge on any atom is 0.248 e. The van der Waals surface area contributed by atoms with E-state index in [-0.39, 0.29) is 6.54 Å². The van der Waals surface area contributed by atoms with Crippen molar-refractivity contribution < 1.29 is 9.90 Å². The highest BCUT2D eigenvalue weighted by Gasteiger charge is 2.10. The molecule has 0 aliphatic carbocycles. The largest absolute Gasteiger partial charge is 0.381 e. The number of aliphatic hydroxyl groups is 1. The van der Waals surface area contributed by atoms with Crippen molar-refractivity contribution >= 4 is 34.3 Å². The van der Waals surface area contributed by atoms with Crippen molar-refractivity contribution in [2.45, 2.75) is 6.10 Å². The van der Waals surface area contributed by atoms with E-state index in [0.29, 0.717) is 5.82 Å². The SMILES string of the molecule is NC(=O)C(O)CNc1ncncc1I. The van der Waals surface area contributed by atoms with Crippen molar-refractivity contribution in [3.8, 4) is 0 Å². The molecule has 1 rings (SSSR count). The fourth-order valence-corrected chi connectivity index (χ4v) is 1.23. The average molecular weight is 308 g/mol. The van der Waals surface area contributed by atoms with Crippen LogP contribution in [-0.4, -0.2) is 33.6 Å². The third-order valence-electron chi connectivity index (χ3n) is 1.46. The number of aromatic nitrogens is 2. The Labute approximate surface area is 94.1 Å². The molecule has 1 unspecified atom stereocenters. The Balaban J connectivity index is 2.54. The number of hydrogen-bond acceptors (Lipinski definition) is 5. The quantitative estimate of drug-likeness (QED) is 0.641. The second kappa shape index (κ2) is 5.05. The molecule has 4 N–H and O–H groups in total. The fourth-order valence-electron chi connectivity index (χ4n) is 0.737. The van der Waals surface area contributed by atoms with E-state index in [4.69, 9.17) is 10.8 Å². The second-order valence-corrected chi connectivity index (χ2v) is 3.68. The lowest BCUT2D eigenvalue weighted by Crippen LogP contribution is -2.34. The van der Waals surface area contributed by atoms with Crippen molar-refractivity contribution in [3.05, 3.63) is 16.1 Å². The van der Waals surface area contributed by atoms with Crippen molar-refractivity contribution in [1.29, 1.82) is 0 Å². The lowest BCUT2D eigenvalue weighted by atomic mass is 10.3. The molecule has 7 heteroatoms. The molecule has 6 nitrogen and oxygen atoms in total. The number of carbonyl (C=O) groups is 1. The number of carbonyl (C=O) groups excluding carboxylic acids is 1. The van der Waals surface area contributed by atoms with Gasteiger partial charge in [0.25, 0.3) is 0 Å². The van der Waals surface area contributed by atoms with Crippen LogP contribution in [0, 0.1) is 3.57 Å². The van der Waals surface area contributed by atoms with Crippen LogP contribution in [0.1, 0.15) is 0 Å². The maximum absolute atomic E-state index is 10.5. The van der Waals surface area contributed by atoms with Crippen molar-refractivity contribution in [2.75, 3.05) is 11.9 Å². The molecule has 0 spiro atoms. The van der Waals surface area contributed by atoms with Crippen molar-refractivity contribution in [3.63, 3.8) is 0 Å². The van der Waals surface area contributed by atoms with Crippen LogP contribution in [-0.2, 0) is 4.79 Å². The summed E-state index contributed by atoms with van der Waals surface area (Å²) in [6.07, 6.45) is 1.79. The van der Waals surface area contributed by atoms with Crippen LogP contribution in [0.2, 0.25) is 0 Å². The molecule has 1 heterocycles. The third kappa shape index (κ3) is 3.07. The normalized spacial score (nSPS) is 12.1. The molecular weight excluding hydrogens is 299 g/mol. The molecular formula is C7H9IN4O2. The molecule has 1 amide bonds. The number of nitrogens with two attached hydrogens (primary N) is 1. The Morgan fingerprint density at radius 2 is 2.50 bits per heavy atom. The number of anilines is 1. The molecule has 0 aliphatic rings. The predicted octanol–water partition coefficient (Wildman–Crippen LogP) is -0.661. The molecule has 0 aliphatic heterocycles. The van der Waals surface area contributed by atoms with Gasteiger partial charge in [0, 0.05) is 6.20 Å². The van der Waals surface area contributed by atoms with Gasteiger partial charge < -0.3 is 16.2 Å². The Kier molecular flexibility index (Phi) is 4.01. The Morgan fingerprint density at radius 3 is 3.07 bits per heavy atom. The molecule has 1 atom stereocenters. The van der Waals surface area contributed by atoms with Crippen LogP contribution < -0.4 is 11.1 Å². The Morgan fingerprint density at radius 1 is 1.79 bits per heavy atom. The van der Waals surface area contributed by atoms with Gasteiger partial charge in [0.1, 0.15) is 18.2 Å². The Bertz CT molecular complexity index is 333. The van der Waals surface area contributed by atoms with Crippen LogP contribution >= 0.6 is 22.6 Å². The van der Waals surface area contributed by atoms with Gasteiger partial charge in [0.05, 0.1) is 10.1 Å². The number of hydrogen-bond donors (Lipinski definition) is 3. The molecule has 1 aromatic heterocycles. The highest BCUT2D eigenvalue weighted by molar-refractivity contribution is 14.1. The van der Waals surface area contributed by atoms with Gasteiger partial charge in [-0.15, -0.1) is 0 Å². The summed E-state index contributed by atoms with van der Waals surface area (Å²) in [5, 5.41) is 11.9. The number of amides is 1. The highest BCUT2D eigenvalue weighted by Crippen LogP contribution is 2.11. The number of aliphatic hydroxyl groups excluding tert-OH is 1. The summed E-state index contributed by atoms with van der Waals surface area (Å²) in [7, 11) is 0. The fraction of sp³-hybridized carbons (Fsp3) is 0.286. The monoisotopic (exact) mass is 308 g/mol. The number of rotatable bonds is 4. The van der Waals surface area contributed by atoms with E-state index in [1.165, 1.54) is 6.33 Å². The molecule has 0 saturated carbocycles. The van der Waals surface area contributed by atoms with Crippen LogP contribution in [0.5, 0.6) is 0 Å². The average Bonchev–Trinajstić information content (AvgIpc) is 2.16. The minimum Gasteiger partial charge on any atom is -0.381 e. The summed E-state index contributed by atoms with van der Waals surface area (Å²) in [5.41, 5.74) is 4.87. The molecule has 0 bridgehead atoms. The zero-order chi connectivity index (χ0) is 10.6. The summed E-state index contributed by atoms with van der Waals surface area (Å²) in [4.78, 5) is 18.2. The topological polar surface area (TPSA) is 101 Å². The van der Waals surface area contributed by atoms with Gasteiger partial charge in [-0.05, 0) is 22.6 Å². The van der Waals surface area contributed by atoms with Gasteiger partial charge >= 0.3 is 0 Å². The van der Waals surface area contributed by atoms with Crippen LogP contribution in [0.4, 0.5) is 5.82 Å². The second-order valence-electron chi connectivity index (χ2n) is 2.52. The summed E-state index contributed by atoms with van der Waals surface area (Å²) in [6, 6.07) is 0. The maximum atomic E-state index is 10.5. The van der Waals surface area contributed by atoms with Gasteiger partial charge in [-0.1, -0.05) is 0 Å². The van der Waals surface area contributed by atoms with Crippen LogP contribution in [0.25, 0.3) is 0 Å². The molecule has 14 heavy (non-hydrogen) atoms. The Hall–Kier alpha value is -0.960. The van der Waals surface area contributed by atoms with Crippen LogP contribution in [0.3, 0.4) is 0 Å². The van der Waals surface area contributed by atoms with Gasteiger partial charge in [-0.2, -0.15) is 0 Å². The van der Waals surface area contributed by atoms with E-state index in [1.807, 2.05) is 22.6 Å². The van der Waals surface area contributed by atoms with E-state index in [1.54, 1.807) is 6.20 Å². The highest BCUT2D eigenvalue weighted by atomic mass is 127. The van der Waals surface area contributed by atoms with E-state index in [0.717, 1.165) is 3.57 Å². The van der Waals surface area contributed by atoms with Gasteiger partial charge in [-0.3, -0.25) is 4.79 Å². The minimum absolute atomic E-state index is 0.0440. The predicted molar refractivity (Wildman–Crippen MR) is 58.4 cm³/mol. The first kappa shape index (κ1) is 11.1. The summed E-state index contributed by atoms with van der Waals surface area (Å²) in [6.45, 7) is 0.0440. The van der Waals surface area contributed by atoms with E-state index in [9.17, 15) is 4.79 Å². The summed E-state index contributed by atoms with van der Waals surface area (Å²) in [5.74, 6) is -0.192. The summed E-state index contributed by atoms with van der Waals surface area (Å²) < 4.78 is 0.807. The number of primary amides is 1. The van der Waals surface area contributed by atoms with Crippen molar-refractivity contribution in [2.24, 2.45) is 5.73 Å². The first-order chi connectivity index (χ1) is 6.61. The molecule has 0 saturated heterocycles. The van der Waals surface area contributed by atoms with E-state index >= 15 is 0 Å². The summed E-state index contributed by atoms with van der Waals surface area (Å²) >= 11 is 2.04. The van der Waals surface area contributed by atoms with E-state index < -0.39 is 12.0 Å². The van der Waals surface area contributed by atoms with E-state index in [2.05, 4.69) is 15.3 Å². The standard InChI is InChI=1S/C7H9IN4O2/c8-4-1-10-3-12-7(4)11-2-5(13)6(9)14/h1,3,5,13H,2H2,(H2,9,14)(H,10,11,12). The molecule has 0 fully saturated rings. The zero-order valence-electron chi connectivity index (χ0n) is 7.14. The number of nitrogens with one attached hydrogen (secondary N) is 1. The molecule has 0 radical (unpaired) electrons. The number of halogens is 1. The lowest BCUT2D eigenvalue weighted by Gasteiger charge is -2.09. The zero-order valence-corrected chi connectivity index (χ0v) is 9.30. The van der Waals surface area contributed by atoms with Crippen LogP contribution in [0.15, 0.2) is 12.5 Å². The third-order valence-corrected chi connectivity index (χ3v) is 2.25. The first-order valence-corrected chi connectivity index (χ1v) is 4.86. The first-order valence-electron chi connectivity index (χ1n) is 3.78.